The maximum atomic E-state index is 12.4. The first-order valence-corrected chi connectivity index (χ1v) is 12.3. The molecule has 0 spiro atoms. The van der Waals surface area contributed by atoms with Crippen molar-refractivity contribution < 1.29 is 28.2 Å². The quantitative estimate of drug-likeness (QED) is 0.360. The number of ether oxygens (including phenoxy) is 1. The molecule has 0 saturated heterocycles. The Hall–Kier alpha value is -0.810. The molecular weight excluding hydrogens is 404 g/mol. The molecule has 2 fully saturated rings. The van der Waals surface area contributed by atoms with Crippen molar-refractivity contribution in [2.75, 3.05) is 18.6 Å². The summed E-state index contributed by atoms with van der Waals surface area (Å²) in [5.74, 6) is 4.12. The Morgan fingerprint density at radius 2 is 1.96 bits per heavy atom. The highest BCUT2D eigenvalue weighted by molar-refractivity contribution is 7.91. The molecule has 0 radical (unpaired) electrons. The Bertz CT molecular complexity index is 677. The molecule has 0 heterocycles. The third kappa shape index (κ3) is 6.91. The summed E-state index contributed by atoms with van der Waals surface area (Å²) in [7, 11) is -2.19. The van der Waals surface area contributed by atoms with E-state index in [1.165, 1.54) is 13.5 Å². The number of aliphatic hydroxyl groups is 2. The van der Waals surface area contributed by atoms with E-state index in [-0.39, 0.29) is 36.7 Å². The SMILES string of the molecule is COC(=O)CCCS(=O)(=O)C[C@@H]1[C@@H](C#C[C@@H](O)C2CCCCC2)[C@H](O)C[C@H]1Cl. The van der Waals surface area contributed by atoms with E-state index in [0.717, 1.165) is 25.7 Å². The van der Waals surface area contributed by atoms with Crippen LogP contribution >= 0.6 is 11.6 Å². The van der Waals surface area contributed by atoms with E-state index in [0.29, 0.717) is 0 Å². The molecule has 5 atom stereocenters. The molecule has 2 rings (SSSR count). The van der Waals surface area contributed by atoms with Crippen LogP contribution in [0.4, 0.5) is 0 Å². The Morgan fingerprint density at radius 1 is 1.29 bits per heavy atom. The maximum absolute atomic E-state index is 12.4. The van der Waals surface area contributed by atoms with Gasteiger partial charge in [0.05, 0.1) is 30.6 Å². The first kappa shape index (κ1) is 23.5. The van der Waals surface area contributed by atoms with Crippen LogP contribution in [-0.4, -0.2) is 60.8 Å². The summed E-state index contributed by atoms with van der Waals surface area (Å²) < 4.78 is 29.4. The van der Waals surface area contributed by atoms with Crippen molar-refractivity contribution in [3.8, 4) is 11.8 Å². The number of carbonyl (C=O) groups excluding carboxylic acids is 1. The topological polar surface area (TPSA) is 101 Å². The molecule has 2 aliphatic rings. The molecule has 0 unspecified atom stereocenters. The van der Waals surface area contributed by atoms with Gasteiger partial charge in [-0.15, -0.1) is 11.6 Å². The van der Waals surface area contributed by atoms with E-state index in [1.807, 2.05) is 0 Å². The third-order valence-electron chi connectivity index (χ3n) is 5.81. The van der Waals surface area contributed by atoms with Gasteiger partial charge in [0.2, 0.25) is 0 Å². The number of hydrogen-bond donors (Lipinski definition) is 2. The van der Waals surface area contributed by atoms with Gasteiger partial charge in [-0.05, 0) is 31.6 Å². The molecule has 160 valence electrons. The average Bonchev–Trinajstić information content (AvgIpc) is 2.92. The molecule has 8 heteroatoms. The number of alkyl halides is 1. The van der Waals surface area contributed by atoms with Crippen molar-refractivity contribution in [2.24, 2.45) is 17.8 Å². The summed E-state index contributed by atoms with van der Waals surface area (Å²) in [5, 5.41) is 20.2. The van der Waals surface area contributed by atoms with Crippen LogP contribution in [0, 0.1) is 29.6 Å². The van der Waals surface area contributed by atoms with Crippen LogP contribution in [0.3, 0.4) is 0 Å². The van der Waals surface area contributed by atoms with Crippen molar-refractivity contribution in [2.45, 2.75) is 69.0 Å². The second kappa shape index (κ2) is 10.8. The van der Waals surface area contributed by atoms with Crippen molar-refractivity contribution in [1.29, 1.82) is 0 Å². The van der Waals surface area contributed by atoms with E-state index >= 15 is 0 Å². The zero-order valence-corrected chi connectivity index (χ0v) is 17.9. The number of rotatable bonds is 7. The minimum Gasteiger partial charge on any atom is -0.469 e. The number of methoxy groups -OCH3 is 1. The number of esters is 1. The van der Waals surface area contributed by atoms with E-state index < -0.39 is 45.2 Å². The Balaban J connectivity index is 1.99. The van der Waals surface area contributed by atoms with Crippen molar-refractivity contribution >= 4 is 27.4 Å². The molecule has 2 aliphatic carbocycles. The highest BCUT2D eigenvalue weighted by Gasteiger charge is 2.43. The van der Waals surface area contributed by atoms with Crippen molar-refractivity contribution in [3.05, 3.63) is 0 Å². The van der Waals surface area contributed by atoms with Gasteiger partial charge in [0.15, 0.2) is 9.84 Å². The monoisotopic (exact) mass is 434 g/mol. The van der Waals surface area contributed by atoms with Gasteiger partial charge in [0, 0.05) is 17.7 Å². The number of sulfone groups is 1. The molecule has 0 amide bonds. The van der Waals surface area contributed by atoms with Gasteiger partial charge in [-0.1, -0.05) is 31.1 Å². The Labute approximate surface area is 172 Å². The first-order valence-electron chi connectivity index (χ1n) is 10.0. The lowest BCUT2D eigenvalue weighted by Crippen LogP contribution is -2.29. The van der Waals surface area contributed by atoms with Gasteiger partial charge >= 0.3 is 5.97 Å². The van der Waals surface area contributed by atoms with E-state index in [9.17, 15) is 23.4 Å². The standard InChI is InChI=1S/C20H31ClO6S/c1-27-20(24)8-5-11-28(25,26)13-16-15(19(23)12-17(16)21)9-10-18(22)14-6-3-2-4-7-14/h14-19,22-23H,2-8,11-13H2,1H3/t15-,16-,17-,18-,19-/m1/s1. The van der Waals surface area contributed by atoms with Gasteiger partial charge in [0.1, 0.15) is 6.10 Å². The molecule has 0 aromatic carbocycles. The van der Waals surface area contributed by atoms with E-state index in [4.69, 9.17) is 11.6 Å². The van der Waals surface area contributed by atoms with Crippen LogP contribution in [0.25, 0.3) is 0 Å². The largest absolute Gasteiger partial charge is 0.469 e. The van der Waals surface area contributed by atoms with Crippen molar-refractivity contribution in [3.63, 3.8) is 0 Å². The van der Waals surface area contributed by atoms with Crippen LogP contribution < -0.4 is 0 Å². The zero-order chi connectivity index (χ0) is 20.7. The van der Waals surface area contributed by atoms with Crippen LogP contribution in [0.2, 0.25) is 0 Å². The summed E-state index contributed by atoms with van der Waals surface area (Å²) in [6.45, 7) is 0. The lowest BCUT2D eigenvalue weighted by Gasteiger charge is -2.24. The molecular formula is C20H31ClO6S. The van der Waals surface area contributed by atoms with Crippen LogP contribution in [-0.2, 0) is 19.4 Å². The van der Waals surface area contributed by atoms with Gasteiger partial charge in [-0.3, -0.25) is 4.79 Å². The minimum absolute atomic E-state index is 0.0458. The van der Waals surface area contributed by atoms with Crippen LogP contribution in [0.15, 0.2) is 0 Å². The molecule has 28 heavy (non-hydrogen) atoms. The molecule has 0 bridgehead atoms. The molecule has 0 aromatic rings. The summed E-state index contributed by atoms with van der Waals surface area (Å²) in [6, 6.07) is 0. The zero-order valence-electron chi connectivity index (χ0n) is 16.3. The normalized spacial score (nSPS) is 29.7. The maximum Gasteiger partial charge on any atom is 0.305 e. The predicted molar refractivity (Wildman–Crippen MR) is 108 cm³/mol. The van der Waals surface area contributed by atoms with Crippen LogP contribution in [0.1, 0.15) is 51.4 Å². The van der Waals surface area contributed by atoms with E-state index in [1.54, 1.807) is 0 Å². The molecule has 0 aliphatic heterocycles. The number of hydrogen-bond acceptors (Lipinski definition) is 6. The second-order valence-electron chi connectivity index (χ2n) is 7.93. The molecule has 6 nitrogen and oxygen atoms in total. The number of halogens is 1. The van der Waals surface area contributed by atoms with Gasteiger partial charge in [0.25, 0.3) is 0 Å². The summed E-state index contributed by atoms with van der Waals surface area (Å²) in [5.41, 5.74) is 0. The number of aliphatic hydroxyl groups excluding tert-OH is 2. The lowest BCUT2D eigenvalue weighted by atomic mass is 9.85. The molecule has 2 N–H and O–H groups in total. The van der Waals surface area contributed by atoms with Crippen LogP contribution in [0.5, 0.6) is 0 Å². The van der Waals surface area contributed by atoms with Crippen molar-refractivity contribution in [1.82, 2.24) is 0 Å². The fourth-order valence-electron chi connectivity index (χ4n) is 4.14. The third-order valence-corrected chi connectivity index (χ3v) is 8.12. The molecule has 2 saturated carbocycles. The minimum atomic E-state index is -3.45. The lowest BCUT2D eigenvalue weighted by molar-refractivity contribution is -0.140. The average molecular weight is 435 g/mol. The van der Waals surface area contributed by atoms with E-state index in [2.05, 4.69) is 16.6 Å². The summed E-state index contributed by atoms with van der Waals surface area (Å²) in [6.07, 6.45) is 4.21. The van der Waals surface area contributed by atoms with Gasteiger partial charge in [-0.25, -0.2) is 8.42 Å². The fourth-order valence-corrected chi connectivity index (χ4v) is 6.45. The second-order valence-corrected chi connectivity index (χ2v) is 10.7. The first-order chi connectivity index (χ1) is 13.2. The fraction of sp³-hybridized carbons (Fsp3) is 0.850. The highest BCUT2D eigenvalue weighted by atomic mass is 35.5. The Morgan fingerprint density at radius 3 is 2.61 bits per heavy atom. The van der Waals surface area contributed by atoms with Gasteiger partial charge < -0.3 is 14.9 Å². The molecule has 0 aromatic heterocycles. The van der Waals surface area contributed by atoms with Gasteiger partial charge in [-0.2, -0.15) is 0 Å². The Kier molecular flexibility index (Phi) is 9.07. The predicted octanol–water partition coefficient (Wildman–Crippen LogP) is 1.90. The summed E-state index contributed by atoms with van der Waals surface area (Å²) >= 11 is 6.32. The highest BCUT2D eigenvalue weighted by Crippen LogP contribution is 2.37. The number of carbonyl (C=O) groups is 1. The summed E-state index contributed by atoms with van der Waals surface area (Å²) in [4.78, 5) is 11.2. The smallest absolute Gasteiger partial charge is 0.305 e.